The van der Waals surface area contributed by atoms with Crippen LogP contribution in [0, 0.1) is 0 Å². The van der Waals surface area contributed by atoms with E-state index in [1.807, 2.05) is 20.8 Å². The topological polar surface area (TPSA) is 26.3 Å². The Balaban J connectivity index is 3.97. The van der Waals surface area contributed by atoms with Gasteiger partial charge in [-0.2, -0.15) is 0 Å². The number of carbonyl (C=O) groups excluding carboxylic acids is 1. The molecule has 2 nitrogen and oxygen atoms in total. The van der Waals surface area contributed by atoms with Gasteiger partial charge in [0.25, 0.3) is 6.47 Å². The van der Waals surface area contributed by atoms with Crippen molar-refractivity contribution in [3.8, 4) is 0 Å². The van der Waals surface area contributed by atoms with Crippen LogP contribution in [0.3, 0.4) is 0 Å². The Morgan fingerprint density at radius 1 is 1.56 bits per heavy atom. The van der Waals surface area contributed by atoms with Crippen molar-refractivity contribution >= 4 is 6.47 Å². The molecule has 0 atom stereocenters. The van der Waals surface area contributed by atoms with Gasteiger partial charge < -0.3 is 4.74 Å². The van der Waals surface area contributed by atoms with Crippen LogP contribution in [0.1, 0.15) is 27.2 Å². The summed E-state index contributed by atoms with van der Waals surface area (Å²) in [5.74, 6) is 0.769. The Kier molecular flexibility index (Phi) is 3.76. The second-order valence-corrected chi connectivity index (χ2v) is 1.99. The van der Waals surface area contributed by atoms with Gasteiger partial charge in [0.1, 0.15) is 5.76 Å². The SMILES string of the molecule is CCC(OC=O)=C(C)C. The predicted molar refractivity (Wildman–Crippen MR) is 35.8 cm³/mol. The van der Waals surface area contributed by atoms with Gasteiger partial charge >= 0.3 is 0 Å². The molecule has 0 aromatic heterocycles. The molecule has 0 unspecified atom stereocenters. The zero-order valence-electron chi connectivity index (χ0n) is 6.10. The molecule has 0 saturated heterocycles. The summed E-state index contributed by atoms with van der Waals surface area (Å²) < 4.78 is 4.65. The Hall–Kier alpha value is -0.790. The molecule has 2 heteroatoms. The molecule has 0 N–H and O–H groups in total. The highest BCUT2D eigenvalue weighted by atomic mass is 16.5. The zero-order valence-corrected chi connectivity index (χ0v) is 6.10. The third-order valence-electron chi connectivity index (χ3n) is 1.07. The van der Waals surface area contributed by atoms with E-state index in [4.69, 9.17) is 0 Å². The maximum atomic E-state index is 9.82. The standard InChI is InChI=1S/C7H12O2/c1-4-7(6(2)3)9-5-8/h5H,4H2,1-3H3. The van der Waals surface area contributed by atoms with E-state index in [0.717, 1.165) is 17.8 Å². The quantitative estimate of drug-likeness (QED) is 0.428. The van der Waals surface area contributed by atoms with E-state index >= 15 is 0 Å². The van der Waals surface area contributed by atoms with Gasteiger partial charge in [-0.05, 0) is 19.4 Å². The number of allylic oxidation sites excluding steroid dienone is 2. The van der Waals surface area contributed by atoms with E-state index < -0.39 is 0 Å². The van der Waals surface area contributed by atoms with Gasteiger partial charge in [0.05, 0.1) is 0 Å². The van der Waals surface area contributed by atoms with E-state index in [1.165, 1.54) is 0 Å². The van der Waals surface area contributed by atoms with Crippen molar-refractivity contribution in [2.24, 2.45) is 0 Å². The van der Waals surface area contributed by atoms with E-state index in [9.17, 15) is 4.79 Å². The number of ether oxygens (including phenoxy) is 1. The molecule has 0 aliphatic rings. The highest BCUT2D eigenvalue weighted by Crippen LogP contribution is 2.06. The Morgan fingerprint density at radius 2 is 2.11 bits per heavy atom. The van der Waals surface area contributed by atoms with Crippen molar-refractivity contribution in [3.63, 3.8) is 0 Å². The van der Waals surface area contributed by atoms with E-state index in [-0.39, 0.29) is 0 Å². The number of hydrogen-bond acceptors (Lipinski definition) is 2. The first kappa shape index (κ1) is 8.21. The van der Waals surface area contributed by atoms with Crippen molar-refractivity contribution in [2.75, 3.05) is 0 Å². The molecule has 52 valence electrons. The van der Waals surface area contributed by atoms with Crippen LogP contribution < -0.4 is 0 Å². The summed E-state index contributed by atoms with van der Waals surface area (Å²) in [5.41, 5.74) is 1.06. The highest BCUT2D eigenvalue weighted by Gasteiger charge is 1.94. The average Bonchev–Trinajstić information content (AvgIpc) is 1.82. The summed E-state index contributed by atoms with van der Waals surface area (Å²) in [4.78, 5) is 9.82. The summed E-state index contributed by atoms with van der Waals surface area (Å²) in [6, 6.07) is 0. The van der Waals surface area contributed by atoms with Crippen LogP contribution in [0.15, 0.2) is 11.3 Å². The highest BCUT2D eigenvalue weighted by molar-refractivity contribution is 5.40. The molecule has 0 aromatic rings. The third-order valence-corrected chi connectivity index (χ3v) is 1.07. The molecule has 0 aromatic carbocycles. The number of hydrogen-bond donors (Lipinski definition) is 0. The van der Waals surface area contributed by atoms with Gasteiger partial charge in [0.2, 0.25) is 0 Å². The van der Waals surface area contributed by atoms with Crippen LogP contribution in [-0.2, 0) is 9.53 Å². The van der Waals surface area contributed by atoms with E-state index in [0.29, 0.717) is 6.47 Å². The van der Waals surface area contributed by atoms with Gasteiger partial charge in [-0.3, -0.25) is 4.79 Å². The second-order valence-electron chi connectivity index (χ2n) is 1.99. The summed E-state index contributed by atoms with van der Waals surface area (Å²) in [5, 5.41) is 0. The summed E-state index contributed by atoms with van der Waals surface area (Å²) in [6.45, 7) is 6.25. The Bertz CT molecular complexity index is 121. The first-order chi connectivity index (χ1) is 4.22. The van der Waals surface area contributed by atoms with Gasteiger partial charge in [0, 0.05) is 6.42 Å². The first-order valence-corrected chi connectivity index (χ1v) is 2.99. The van der Waals surface area contributed by atoms with Gasteiger partial charge in [-0.1, -0.05) is 6.92 Å². The lowest BCUT2D eigenvalue weighted by molar-refractivity contribution is -0.125. The van der Waals surface area contributed by atoms with Gasteiger partial charge in [0.15, 0.2) is 0 Å². The smallest absolute Gasteiger partial charge is 0.298 e. The lowest BCUT2D eigenvalue weighted by Crippen LogP contribution is -1.89. The predicted octanol–water partition coefficient (Wildman–Crippen LogP) is 1.86. The Morgan fingerprint density at radius 3 is 2.22 bits per heavy atom. The monoisotopic (exact) mass is 128 g/mol. The number of carbonyl (C=O) groups is 1. The minimum absolute atomic E-state index is 0.464. The minimum Gasteiger partial charge on any atom is -0.433 e. The molecular weight excluding hydrogens is 116 g/mol. The average molecular weight is 128 g/mol. The van der Waals surface area contributed by atoms with Gasteiger partial charge in [-0.15, -0.1) is 0 Å². The third kappa shape index (κ3) is 2.90. The van der Waals surface area contributed by atoms with Crippen LogP contribution in [0.2, 0.25) is 0 Å². The van der Waals surface area contributed by atoms with Crippen LogP contribution in [0.4, 0.5) is 0 Å². The van der Waals surface area contributed by atoms with Crippen molar-refractivity contribution < 1.29 is 9.53 Å². The van der Waals surface area contributed by atoms with Crippen molar-refractivity contribution in [2.45, 2.75) is 27.2 Å². The molecule has 0 rings (SSSR count). The van der Waals surface area contributed by atoms with Crippen LogP contribution >= 0.6 is 0 Å². The van der Waals surface area contributed by atoms with Crippen LogP contribution in [0.5, 0.6) is 0 Å². The maximum absolute atomic E-state index is 9.82. The Labute approximate surface area is 55.5 Å². The normalized spacial score (nSPS) is 8.33. The molecule has 0 aliphatic heterocycles. The lowest BCUT2D eigenvalue weighted by atomic mass is 10.2. The summed E-state index contributed by atoms with van der Waals surface area (Å²) in [6.07, 6.45) is 0.779. The molecule has 0 amide bonds. The van der Waals surface area contributed by atoms with Crippen molar-refractivity contribution in [1.29, 1.82) is 0 Å². The molecule has 0 radical (unpaired) electrons. The molecule has 0 spiro atoms. The largest absolute Gasteiger partial charge is 0.433 e. The summed E-state index contributed by atoms with van der Waals surface area (Å²) in [7, 11) is 0. The fourth-order valence-corrected chi connectivity index (χ4v) is 0.613. The van der Waals surface area contributed by atoms with E-state index in [2.05, 4.69) is 4.74 Å². The minimum atomic E-state index is 0.464. The molecule has 0 bridgehead atoms. The molecule has 9 heavy (non-hydrogen) atoms. The first-order valence-electron chi connectivity index (χ1n) is 2.99. The fraction of sp³-hybridized carbons (Fsp3) is 0.571. The molecule has 0 fully saturated rings. The molecule has 0 heterocycles. The fourth-order valence-electron chi connectivity index (χ4n) is 0.613. The van der Waals surface area contributed by atoms with Crippen molar-refractivity contribution in [1.82, 2.24) is 0 Å². The number of rotatable bonds is 3. The zero-order chi connectivity index (χ0) is 7.28. The second kappa shape index (κ2) is 4.13. The van der Waals surface area contributed by atoms with Crippen molar-refractivity contribution in [3.05, 3.63) is 11.3 Å². The molecule has 0 saturated carbocycles. The molecular formula is C7H12O2. The van der Waals surface area contributed by atoms with Crippen LogP contribution in [0.25, 0.3) is 0 Å². The van der Waals surface area contributed by atoms with Gasteiger partial charge in [-0.25, -0.2) is 0 Å². The van der Waals surface area contributed by atoms with E-state index in [1.54, 1.807) is 0 Å². The molecule has 0 aliphatic carbocycles. The maximum Gasteiger partial charge on any atom is 0.298 e. The van der Waals surface area contributed by atoms with Crippen LogP contribution in [-0.4, -0.2) is 6.47 Å². The lowest BCUT2D eigenvalue weighted by Gasteiger charge is -2.01. The summed E-state index contributed by atoms with van der Waals surface area (Å²) >= 11 is 0.